The Bertz CT molecular complexity index is 623. The molecule has 3 nitrogen and oxygen atoms in total. The molecular weight excluding hydrogens is 234 g/mol. The lowest BCUT2D eigenvalue weighted by Crippen LogP contribution is -1.97. The van der Waals surface area contributed by atoms with Gasteiger partial charge in [0, 0.05) is 11.4 Å². The summed E-state index contributed by atoms with van der Waals surface area (Å²) in [5.41, 5.74) is 6.16. The first kappa shape index (κ1) is 12.0. The average molecular weight is 253 g/mol. The number of nitrogens with zero attached hydrogens (tertiary/aromatic N) is 1. The summed E-state index contributed by atoms with van der Waals surface area (Å²) in [7, 11) is 0. The molecule has 1 aromatic carbocycles. The molecule has 0 saturated carbocycles. The van der Waals surface area contributed by atoms with E-state index in [4.69, 9.17) is 0 Å². The van der Waals surface area contributed by atoms with Crippen LogP contribution in [0, 0.1) is 6.92 Å². The molecule has 0 fully saturated rings. The number of imidazole rings is 1. The summed E-state index contributed by atoms with van der Waals surface area (Å²) in [5, 5.41) is 3.37. The summed E-state index contributed by atoms with van der Waals surface area (Å²) in [5.74, 6) is 0.841. The normalized spacial score (nSPS) is 13.9. The minimum atomic E-state index is 0.841. The lowest BCUT2D eigenvalue weighted by atomic mass is 9.98. The van der Waals surface area contributed by atoms with Gasteiger partial charge >= 0.3 is 0 Å². The summed E-state index contributed by atoms with van der Waals surface area (Å²) in [6.07, 6.45) is 5.55. The van der Waals surface area contributed by atoms with Gasteiger partial charge in [0.2, 0.25) is 5.95 Å². The Hall–Kier alpha value is -2.03. The molecule has 1 aliphatic carbocycles. The lowest BCUT2D eigenvalue weighted by molar-refractivity contribution is 0.854. The first-order valence-electron chi connectivity index (χ1n) is 6.87. The number of fused-ring (bicyclic) bond motifs is 1. The molecule has 0 spiro atoms. The van der Waals surface area contributed by atoms with E-state index in [1.807, 2.05) is 12.1 Å². The average Bonchev–Trinajstić information content (AvgIpc) is 2.82. The fourth-order valence-corrected chi connectivity index (χ4v) is 2.46. The molecule has 1 heterocycles. The molecule has 0 aliphatic heterocycles. The number of aryl methyl sites for hydroxylation is 2. The van der Waals surface area contributed by atoms with Crippen LogP contribution in [0.4, 0.5) is 11.6 Å². The van der Waals surface area contributed by atoms with Crippen LogP contribution >= 0.6 is 0 Å². The fourth-order valence-electron chi connectivity index (χ4n) is 2.46. The molecule has 2 aromatic rings. The van der Waals surface area contributed by atoms with Crippen molar-refractivity contribution in [1.29, 1.82) is 0 Å². The molecular formula is C16H19N3. The van der Waals surface area contributed by atoms with E-state index in [9.17, 15) is 0 Å². The van der Waals surface area contributed by atoms with Gasteiger partial charge < -0.3 is 10.3 Å². The summed E-state index contributed by atoms with van der Waals surface area (Å²) < 4.78 is 0. The maximum Gasteiger partial charge on any atom is 0.205 e. The van der Waals surface area contributed by atoms with E-state index in [1.54, 1.807) is 0 Å². The van der Waals surface area contributed by atoms with E-state index in [2.05, 4.69) is 47.3 Å². The van der Waals surface area contributed by atoms with Crippen molar-refractivity contribution in [3.05, 3.63) is 46.8 Å². The smallest absolute Gasteiger partial charge is 0.205 e. The van der Waals surface area contributed by atoms with E-state index in [1.165, 1.54) is 16.8 Å². The molecule has 0 atom stereocenters. The van der Waals surface area contributed by atoms with Crippen molar-refractivity contribution in [2.24, 2.45) is 0 Å². The highest BCUT2D eigenvalue weighted by Crippen LogP contribution is 2.26. The topological polar surface area (TPSA) is 40.7 Å². The molecule has 98 valence electrons. The number of aromatic amines is 1. The standard InChI is InChI=1S/C16H19N3/c1-3-12-8-9-14-15(10-12)19-16(18-14)17-13-7-5-4-6-11(13)2/h4-7,10H,3,8-9H2,1-2H3,(H2,17,18,19). The number of allylic oxidation sites excluding steroid dienone is 1. The van der Waals surface area contributed by atoms with Gasteiger partial charge in [0.1, 0.15) is 0 Å². The Morgan fingerprint density at radius 2 is 2.11 bits per heavy atom. The van der Waals surface area contributed by atoms with Crippen LogP contribution in [0.2, 0.25) is 0 Å². The zero-order valence-corrected chi connectivity index (χ0v) is 11.5. The maximum atomic E-state index is 4.64. The molecule has 0 bridgehead atoms. The van der Waals surface area contributed by atoms with Gasteiger partial charge in [-0.25, -0.2) is 4.98 Å². The van der Waals surface area contributed by atoms with E-state index in [0.29, 0.717) is 0 Å². The number of hydrogen-bond donors (Lipinski definition) is 2. The second-order valence-electron chi connectivity index (χ2n) is 5.05. The molecule has 0 unspecified atom stereocenters. The highest BCUT2D eigenvalue weighted by Gasteiger charge is 2.14. The van der Waals surface area contributed by atoms with E-state index in [-0.39, 0.29) is 0 Å². The van der Waals surface area contributed by atoms with Crippen LogP contribution in [0.3, 0.4) is 0 Å². The minimum absolute atomic E-state index is 0.841. The van der Waals surface area contributed by atoms with Gasteiger partial charge in [0.05, 0.1) is 5.69 Å². The Morgan fingerprint density at radius 3 is 2.89 bits per heavy atom. The maximum absolute atomic E-state index is 4.64. The summed E-state index contributed by atoms with van der Waals surface area (Å²) in [4.78, 5) is 8.03. The molecule has 3 heteroatoms. The molecule has 19 heavy (non-hydrogen) atoms. The van der Waals surface area contributed by atoms with Crippen molar-refractivity contribution in [2.75, 3.05) is 5.32 Å². The Morgan fingerprint density at radius 1 is 1.26 bits per heavy atom. The highest BCUT2D eigenvalue weighted by atomic mass is 15.1. The number of benzene rings is 1. The first-order valence-corrected chi connectivity index (χ1v) is 6.87. The lowest BCUT2D eigenvalue weighted by Gasteiger charge is -2.09. The molecule has 0 saturated heterocycles. The third-order valence-electron chi connectivity index (χ3n) is 3.70. The van der Waals surface area contributed by atoms with Crippen molar-refractivity contribution in [1.82, 2.24) is 9.97 Å². The first-order chi connectivity index (χ1) is 9.26. The Labute approximate surface area is 113 Å². The van der Waals surface area contributed by atoms with Crippen LogP contribution in [0.25, 0.3) is 6.08 Å². The molecule has 1 aliphatic rings. The van der Waals surface area contributed by atoms with Crippen LogP contribution in [0.1, 0.15) is 36.7 Å². The second-order valence-corrected chi connectivity index (χ2v) is 5.05. The quantitative estimate of drug-likeness (QED) is 0.860. The van der Waals surface area contributed by atoms with Crippen molar-refractivity contribution < 1.29 is 0 Å². The molecule has 3 rings (SSSR count). The summed E-state index contributed by atoms with van der Waals surface area (Å²) in [6.45, 7) is 4.30. The van der Waals surface area contributed by atoms with Crippen molar-refractivity contribution in [3.8, 4) is 0 Å². The van der Waals surface area contributed by atoms with Crippen LogP contribution < -0.4 is 5.32 Å². The van der Waals surface area contributed by atoms with Gasteiger partial charge in [-0.1, -0.05) is 30.7 Å². The van der Waals surface area contributed by atoms with Crippen LogP contribution in [-0.4, -0.2) is 9.97 Å². The Balaban J connectivity index is 1.87. The number of H-pyrrole nitrogens is 1. The van der Waals surface area contributed by atoms with Gasteiger partial charge in [-0.2, -0.15) is 0 Å². The van der Waals surface area contributed by atoms with Crippen LogP contribution in [0.15, 0.2) is 29.8 Å². The van der Waals surface area contributed by atoms with Gasteiger partial charge in [0.25, 0.3) is 0 Å². The number of aromatic nitrogens is 2. The van der Waals surface area contributed by atoms with Gasteiger partial charge in [0.15, 0.2) is 0 Å². The molecule has 0 radical (unpaired) electrons. The van der Waals surface area contributed by atoms with Crippen LogP contribution in [0.5, 0.6) is 0 Å². The number of hydrogen-bond acceptors (Lipinski definition) is 2. The van der Waals surface area contributed by atoms with E-state index >= 15 is 0 Å². The third kappa shape index (κ3) is 2.41. The highest BCUT2D eigenvalue weighted by molar-refractivity contribution is 5.62. The van der Waals surface area contributed by atoms with Gasteiger partial charge in [-0.15, -0.1) is 0 Å². The van der Waals surface area contributed by atoms with Crippen molar-refractivity contribution in [3.63, 3.8) is 0 Å². The predicted molar refractivity (Wildman–Crippen MR) is 79.6 cm³/mol. The van der Waals surface area contributed by atoms with Gasteiger partial charge in [-0.3, -0.25) is 0 Å². The summed E-state index contributed by atoms with van der Waals surface area (Å²) >= 11 is 0. The van der Waals surface area contributed by atoms with Crippen LogP contribution in [-0.2, 0) is 6.42 Å². The number of anilines is 2. The predicted octanol–water partition coefficient (Wildman–Crippen LogP) is 4.20. The fraction of sp³-hybridized carbons (Fsp3) is 0.312. The zero-order chi connectivity index (χ0) is 13.2. The number of nitrogens with one attached hydrogen (secondary N) is 2. The SMILES string of the molecule is CCC1=Cc2nc(Nc3ccccc3C)[nH]c2CC1. The number of para-hydroxylation sites is 1. The monoisotopic (exact) mass is 253 g/mol. The Kier molecular flexibility index (Phi) is 3.11. The number of rotatable bonds is 3. The molecule has 2 N–H and O–H groups in total. The van der Waals surface area contributed by atoms with E-state index in [0.717, 1.165) is 36.6 Å². The third-order valence-corrected chi connectivity index (χ3v) is 3.70. The summed E-state index contributed by atoms with van der Waals surface area (Å²) in [6, 6.07) is 8.25. The largest absolute Gasteiger partial charge is 0.327 e. The van der Waals surface area contributed by atoms with Crippen molar-refractivity contribution >= 4 is 17.7 Å². The second kappa shape index (κ2) is 4.92. The molecule has 0 amide bonds. The molecule has 1 aromatic heterocycles. The van der Waals surface area contributed by atoms with Gasteiger partial charge in [-0.05, 0) is 43.9 Å². The van der Waals surface area contributed by atoms with Crippen molar-refractivity contribution in [2.45, 2.75) is 33.1 Å². The zero-order valence-electron chi connectivity index (χ0n) is 11.5. The van der Waals surface area contributed by atoms with E-state index < -0.39 is 0 Å². The minimum Gasteiger partial charge on any atom is -0.327 e.